The number of nitrogens with one attached hydrogen (secondary N) is 1. The lowest BCUT2D eigenvalue weighted by atomic mass is 10.1. The van der Waals surface area contributed by atoms with Gasteiger partial charge in [0.05, 0.1) is 16.3 Å². The molecule has 0 aliphatic carbocycles. The number of benzene rings is 2. The molecule has 0 unspecified atom stereocenters. The summed E-state index contributed by atoms with van der Waals surface area (Å²) < 4.78 is 13.3. The third kappa shape index (κ3) is 3.82. The van der Waals surface area contributed by atoms with E-state index in [1.54, 1.807) is 24.3 Å². The molecule has 0 aliphatic heterocycles. The third-order valence-corrected chi connectivity index (χ3v) is 2.98. The van der Waals surface area contributed by atoms with E-state index in [0.717, 1.165) is 6.07 Å². The van der Waals surface area contributed by atoms with Gasteiger partial charge in [-0.25, -0.2) is 4.39 Å². The van der Waals surface area contributed by atoms with Crippen molar-refractivity contribution < 1.29 is 14.3 Å². The number of carbonyl (C=O) groups is 1. The summed E-state index contributed by atoms with van der Waals surface area (Å²) in [4.78, 5) is 12.2. The highest BCUT2D eigenvalue weighted by Crippen LogP contribution is 2.22. The lowest BCUT2D eigenvalue weighted by Crippen LogP contribution is -2.14. The zero-order valence-electron chi connectivity index (χ0n) is 10.9. The van der Waals surface area contributed by atoms with Gasteiger partial charge in [-0.05, 0) is 30.3 Å². The van der Waals surface area contributed by atoms with E-state index in [0.29, 0.717) is 16.3 Å². The van der Waals surface area contributed by atoms with Gasteiger partial charge in [0, 0.05) is 5.56 Å². The number of amides is 1. The summed E-state index contributed by atoms with van der Waals surface area (Å²) in [5, 5.41) is 11.7. The van der Waals surface area contributed by atoms with Gasteiger partial charge in [0.1, 0.15) is 12.4 Å². The van der Waals surface area contributed by atoms with E-state index in [4.69, 9.17) is 16.7 Å². The maximum Gasteiger partial charge on any atom is 0.257 e. The summed E-state index contributed by atoms with van der Waals surface area (Å²) >= 11 is 5.96. The van der Waals surface area contributed by atoms with Crippen molar-refractivity contribution in [1.29, 1.82) is 0 Å². The first-order valence-electron chi connectivity index (χ1n) is 6.07. The number of aliphatic hydroxyl groups is 1. The van der Waals surface area contributed by atoms with Gasteiger partial charge in [-0.3, -0.25) is 4.79 Å². The molecule has 5 heteroatoms. The minimum Gasteiger partial charge on any atom is -0.384 e. The molecule has 0 aromatic heterocycles. The Morgan fingerprint density at radius 2 is 2.05 bits per heavy atom. The minimum atomic E-state index is -0.547. The number of rotatable bonds is 2. The smallest absolute Gasteiger partial charge is 0.257 e. The Morgan fingerprint density at radius 1 is 1.29 bits per heavy atom. The minimum absolute atomic E-state index is 0.0795. The van der Waals surface area contributed by atoms with Crippen LogP contribution >= 0.6 is 11.6 Å². The monoisotopic (exact) mass is 303 g/mol. The van der Waals surface area contributed by atoms with Crippen molar-refractivity contribution in [3.63, 3.8) is 0 Å². The third-order valence-electron chi connectivity index (χ3n) is 2.65. The summed E-state index contributed by atoms with van der Waals surface area (Å²) in [5.41, 5.74) is 0.834. The predicted molar refractivity (Wildman–Crippen MR) is 79.8 cm³/mol. The molecule has 0 heterocycles. The molecule has 2 N–H and O–H groups in total. The van der Waals surface area contributed by atoms with Crippen LogP contribution in [0.3, 0.4) is 0 Å². The van der Waals surface area contributed by atoms with E-state index in [1.165, 1.54) is 12.1 Å². The second-order valence-corrected chi connectivity index (χ2v) is 4.49. The molecule has 0 aliphatic rings. The maximum absolute atomic E-state index is 13.3. The summed E-state index contributed by atoms with van der Waals surface area (Å²) in [7, 11) is 0. The Balaban J connectivity index is 2.34. The largest absolute Gasteiger partial charge is 0.384 e. The van der Waals surface area contributed by atoms with Crippen molar-refractivity contribution >= 4 is 23.2 Å². The van der Waals surface area contributed by atoms with Crippen molar-refractivity contribution in [3.05, 3.63) is 64.4 Å². The first kappa shape index (κ1) is 15.0. The number of anilines is 1. The molecule has 2 rings (SSSR count). The molecule has 0 bridgehead atoms. The van der Waals surface area contributed by atoms with Gasteiger partial charge in [-0.1, -0.05) is 35.6 Å². The summed E-state index contributed by atoms with van der Waals surface area (Å²) in [6.07, 6.45) is 0. The van der Waals surface area contributed by atoms with Crippen LogP contribution in [0.1, 0.15) is 15.9 Å². The molecule has 106 valence electrons. The van der Waals surface area contributed by atoms with Gasteiger partial charge in [0.2, 0.25) is 0 Å². The second-order valence-electron chi connectivity index (χ2n) is 4.08. The topological polar surface area (TPSA) is 49.3 Å². The molecular formula is C16H11ClFNO2. The number of hydrogen-bond acceptors (Lipinski definition) is 2. The molecular weight excluding hydrogens is 293 g/mol. The molecule has 2 aromatic carbocycles. The van der Waals surface area contributed by atoms with Crippen LogP contribution in [-0.2, 0) is 0 Å². The average molecular weight is 304 g/mol. The standard InChI is InChI=1S/C16H11ClFNO2/c17-14-5-1-2-6-15(14)19-16(21)13-10-12(18)8-7-11(13)4-3-9-20/h1-2,5-8,10,20H,9H2,(H,19,21). The first-order chi connectivity index (χ1) is 10.1. The average Bonchev–Trinajstić information content (AvgIpc) is 2.48. The molecule has 3 nitrogen and oxygen atoms in total. The summed E-state index contributed by atoms with van der Waals surface area (Å²) in [6, 6.07) is 10.4. The van der Waals surface area contributed by atoms with E-state index in [-0.39, 0.29) is 12.2 Å². The SMILES string of the molecule is O=C(Nc1ccccc1Cl)c1cc(F)ccc1C#CCO. The quantitative estimate of drug-likeness (QED) is 0.838. The number of para-hydroxylation sites is 1. The van der Waals surface area contributed by atoms with Crippen LogP contribution in [0.5, 0.6) is 0 Å². The summed E-state index contributed by atoms with van der Waals surface area (Å²) in [5.74, 6) is 3.97. The van der Waals surface area contributed by atoms with E-state index in [1.807, 2.05) is 0 Å². The Labute approximate surface area is 126 Å². The van der Waals surface area contributed by atoms with E-state index >= 15 is 0 Å². The number of hydrogen-bond donors (Lipinski definition) is 2. The van der Waals surface area contributed by atoms with Crippen LogP contribution in [0.4, 0.5) is 10.1 Å². The molecule has 0 atom stereocenters. The van der Waals surface area contributed by atoms with Gasteiger partial charge >= 0.3 is 0 Å². The van der Waals surface area contributed by atoms with Crippen LogP contribution in [0.2, 0.25) is 5.02 Å². The zero-order valence-corrected chi connectivity index (χ0v) is 11.6. The number of halogens is 2. The van der Waals surface area contributed by atoms with Crippen LogP contribution in [-0.4, -0.2) is 17.6 Å². The van der Waals surface area contributed by atoms with Crippen molar-refractivity contribution in [1.82, 2.24) is 0 Å². The first-order valence-corrected chi connectivity index (χ1v) is 6.45. The number of aliphatic hydroxyl groups excluding tert-OH is 1. The van der Waals surface area contributed by atoms with Gasteiger partial charge in [0.15, 0.2) is 0 Å². The summed E-state index contributed by atoms with van der Waals surface area (Å²) in [6.45, 7) is -0.344. The highest BCUT2D eigenvalue weighted by Gasteiger charge is 2.13. The lowest BCUT2D eigenvalue weighted by Gasteiger charge is -2.08. The predicted octanol–water partition coefficient (Wildman–Crippen LogP) is 3.08. The zero-order chi connectivity index (χ0) is 15.2. The van der Waals surface area contributed by atoms with Gasteiger partial charge in [0.25, 0.3) is 5.91 Å². The molecule has 0 radical (unpaired) electrons. The molecule has 1 amide bonds. The van der Waals surface area contributed by atoms with Crippen molar-refractivity contribution in [3.8, 4) is 11.8 Å². The van der Waals surface area contributed by atoms with Gasteiger partial charge in [-0.2, -0.15) is 0 Å². The molecule has 0 fully saturated rings. The molecule has 2 aromatic rings. The van der Waals surface area contributed by atoms with Crippen LogP contribution < -0.4 is 5.32 Å². The molecule has 0 saturated heterocycles. The van der Waals surface area contributed by atoms with E-state index < -0.39 is 11.7 Å². The Morgan fingerprint density at radius 3 is 2.76 bits per heavy atom. The van der Waals surface area contributed by atoms with Gasteiger partial charge in [-0.15, -0.1) is 0 Å². The maximum atomic E-state index is 13.3. The fourth-order valence-electron chi connectivity index (χ4n) is 1.70. The normalized spacial score (nSPS) is 9.67. The fraction of sp³-hybridized carbons (Fsp3) is 0.0625. The highest BCUT2D eigenvalue weighted by molar-refractivity contribution is 6.33. The van der Waals surface area contributed by atoms with E-state index in [9.17, 15) is 9.18 Å². The lowest BCUT2D eigenvalue weighted by molar-refractivity contribution is 0.102. The van der Waals surface area contributed by atoms with E-state index in [2.05, 4.69) is 17.2 Å². The van der Waals surface area contributed by atoms with Crippen LogP contribution in [0, 0.1) is 17.7 Å². The Bertz CT molecular complexity index is 735. The molecule has 0 saturated carbocycles. The van der Waals surface area contributed by atoms with Crippen molar-refractivity contribution in [2.45, 2.75) is 0 Å². The fourth-order valence-corrected chi connectivity index (χ4v) is 1.88. The molecule has 0 spiro atoms. The van der Waals surface area contributed by atoms with Crippen molar-refractivity contribution in [2.75, 3.05) is 11.9 Å². The molecule has 21 heavy (non-hydrogen) atoms. The van der Waals surface area contributed by atoms with Crippen molar-refractivity contribution in [2.24, 2.45) is 0 Å². The number of carbonyl (C=O) groups excluding carboxylic acids is 1. The van der Waals surface area contributed by atoms with Crippen LogP contribution in [0.25, 0.3) is 0 Å². The second kappa shape index (κ2) is 6.89. The van der Waals surface area contributed by atoms with Crippen LogP contribution in [0.15, 0.2) is 42.5 Å². The van der Waals surface area contributed by atoms with Gasteiger partial charge < -0.3 is 10.4 Å². The highest BCUT2D eigenvalue weighted by atomic mass is 35.5. The Kier molecular flexibility index (Phi) is 4.94. The Hall–Kier alpha value is -2.35.